The van der Waals surface area contributed by atoms with Crippen molar-refractivity contribution in [2.45, 2.75) is 39.2 Å². The monoisotopic (exact) mass is 274 g/mol. The van der Waals surface area contributed by atoms with E-state index in [9.17, 15) is 4.79 Å². The molecule has 3 N–H and O–H groups in total. The Morgan fingerprint density at radius 2 is 2.15 bits per heavy atom. The van der Waals surface area contributed by atoms with Gasteiger partial charge in [0.25, 0.3) is 0 Å². The molecule has 4 heteroatoms. The number of rotatable bonds is 6. The zero-order valence-electron chi connectivity index (χ0n) is 12.1. The van der Waals surface area contributed by atoms with E-state index in [4.69, 9.17) is 10.8 Å². The van der Waals surface area contributed by atoms with E-state index in [2.05, 4.69) is 26.0 Å². The molecule has 108 valence electrons. The molecular weight excluding hydrogens is 252 g/mol. The fraction of sp³-hybridized carbons (Fsp3) is 0.438. The molecule has 0 aliphatic rings. The fourth-order valence-electron chi connectivity index (χ4n) is 2.52. The van der Waals surface area contributed by atoms with Gasteiger partial charge in [0.2, 0.25) is 0 Å². The Labute approximate surface area is 119 Å². The lowest BCUT2D eigenvalue weighted by Crippen LogP contribution is -2.07. The number of hydrogen-bond acceptors (Lipinski definition) is 2. The summed E-state index contributed by atoms with van der Waals surface area (Å²) in [4.78, 5) is 11.0. The van der Waals surface area contributed by atoms with Crippen LogP contribution >= 0.6 is 0 Å². The molecule has 0 spiro atoms. The average molecular weight is 274 g/mol. The van der Waals surface area contributed by atoms with E-state index < -0.39 is 5.97 Å². The second-order valence-corrected chi connectivity index (χ2v) is 5.50. The number of nitrogens with two attached hydrogens (primary N) is 1. The van der Waals surface area contributed by atoms with E-state index in [-0.39, 0.29) is 6.54 Å². The number of carboxylic acid groups (broad SMARTS) is 1. The van der Waals surface area contributed by atoms with Crippen LogP contribution in [0.1, 0.15) is 37.3 Å². The molecule has 1 aromatic heterocycles. The molecule has 1 heterocycles. The minimum absolute atomic E-state index is 0.000149. The Morgan fingerprint density at radius 1 is 1.40 bits per heavy atom. The second kappa shape index (κ2) is 6.09. The first-order chi connectivity index (χ1) is 9.52. The third kappa shape index (κ3) is 3.02. The molecule has 0 amide bonds. The number of aryl methyl sites for hydroxylation is 1. The lowest BCUT2D eigenvalue weighted by Gasteiger charge is -2.07. The zero-order chi connectivity index (χ0) is 14.7. The van der Waals surface area contributed by atoms with Gasteiger partial charge in [0.05, 0.1) is 0 Å². The van der Waals surface area contributed by atoms with E-state index in [0.29, 0.717) is 12.5 Å². The summed E-state index contributed by atoms with van der Waals surface area (Å²) in [6.07, 6.45) is 3.76. The van der Waals surface area contributed by atoms with Crippen LogP contribution in [0.15, 0.2) is 24.4 Å². The third-order valence-corrected chi connectivity index (χ3v) is 3.61. The van der Waals surface area contributed by atoms with Crippen molar-refractivity contribution in [2.24, 2.45) is 5.73 Å². The maximum absolute atomic E-state index is 11.0. The van der Waals surface area contributed by atoms with Gasteiger partial charge in [0.1, 0.15) is 6.54 Å². The lowest BCUT2D eigenvalue weighted by molar-refractivity contribution is -0.137. The smallest absolute Gasteiger partial charge is 0.323 e. The zero-order valence-corrected chi connectivity index (χ0v) is 12.1. The highest BCUT2D eigenvalue weighted by molar-refractivity contribution is 5.86. The Hall–Kier alpha value is -1.81. The van der Waals surface area contributed by atoms with E-state index in [0.717, 1.165) is 23.7 Å². The number of carbonyl (C=O) groups is 1. The van der Waals surface area contributed by atoms with Crippen molar-refractivity contribution < 1.29 is 9.90 Å². The van der Waals surface area contributed by atoms with Crippen LogP contribution in [0.25, 0.3) is 10.9 Å². The molecule has 0 radical (unpaired) electrons. The molecule has 0 aliphatic heterocycles. The van der Waals surface area contributed by atoms with Gasteiger partial charge in [0.15, 0.2) is 0 Å². The van der Waals surface area contributed by atoms with Crippen LogP contribution in [0.3, 0.4) is 0 Å². The molecule has 1 aromatic carbocycles. The highest BCUT2D eigenvalue weighted by Gasteiger charge is 2.12. The minimum Gasteiger partial charge on any atom is -0.480 e. The first-order valence-electron chi connectivity index (χ1n) is 7.06. The number of carboxylic acids is 1. The van der Waals surface area contributed by atoms with Crippen molar-refractivity contribution in [3.8, 4) is 0 Å². The molecule has 0 saturated carbocycles. The number of nitrogens with zero attached hydrogens (tertiary/aromatic N) is 1. The summed E-state index contributed by atoms with van der Waals surface area (Å²) >= 11 is 0. The first-order valence-corrected chi connectivity index (χ1v) is 7.06. The number of hydrogen-bond donors (Lipinski definition) is 2. The molecule has 2 aromatic rings. The average Bonchev–Trinajstić information content (AvgIpc) is 2.73. The number of benzene rings is 1. The summed E-state index contributed by atoms with van der Waals surface area (Å²) in [6, 6.07) is 6.29. The van der Waals surface area contributed by atoms with E-state index in [1.54, 1.807) is 0 Å². The lowest BCUT2D eigenvalue weighted by atomic mass is 9.99. The summed E-state index contributed by atoms with van der Waals surface area (Å²) < 4.78 is 1.81. The molecule has 2 rings (SSSR count). The molecule has 0 atom stereocenters. The Kier molecular flexibility index (Phi) is 4.45. The summed E-state index contributed by atoms with van der Waals surface area (Å²) in [5, 5.41) is 10.2. The van der Waals surface area contributed by atoms with E-state index in [1.807, 2.05) is 16.8 Å². The van der Waals surface area contributed by atoms with Crippen molar-refractivity contribution in [3.05, 3.63) is 35.5 Å². The van der Waals surface area contributed by atoms with Crippen molar-refractivity contribution in [2.75, 3.05) is 6.54 Å². The highest BCUT2D eigenvalue weighted by atomic mass is 16.4. The number of aromatic nitrogens is 1. The second-order valence-electron chi connectivity index (χ2n) is 5.50. The predicted octanol–water partition coefficient (Wildman–Crippen LogP) is 2.74. The van der Waals surface area contributed by atoms with Crippen LogP contribution in [0.4, 0.5) is 0 Å². The van der Waals surface area contributed by atoms with Crippen molar-refractivity contribution >= 4 is 16.9 Å². The summed E-state index contributed by atoms with van der Waals surface area (Å²) in [5.41, 5.74) is 9.04. The summed E-state index contributed by atoms with van der Waals surface area (Å²) in [5.74, 6) is -0.357. The molecule has 0 unspecified atom stereocenters. The standard InChI is InChI=1S/C16H22N2O2/c1-11(2)12-5-6-15-14(8-12)13(4-3-7-17)9-18(15)10-16(19)20/h5-6,8-9,11H,3-4,7,10,17H2,1-2H3,(H,19,20). The minimum atomic E-state index is -0.819. The van der Waals surface area contributed by atoms with Crippen LogP contribution in [-0.4, -0.2) is 22.2 Å². The van der Waals surface area contributed by atoms with Gasteiger partial charge in [-0.25, -0.2) is 0 Å². The molecule has 0 bridgehead atoms. The van der Waals surface area contributed by atoms with E-state index in [1.165, 1.54) is 11.1 Å². The highest BCUT2D eigenvalue weighted by Crippen LogP contribution is 2.27. The van der Waals surface area contributed by atoms with Gasteiger partial charge in [-0.05, 0) is 48.6 Å². The van der Waals surface area contributed by atoms with Gasteiger partial charge in [-0.3, -0.25) is 4.79 Å². The summed E-state index contributed by atoms with van der Waals surface area (Å²) in [7, 11) is 0. The van der Waals surface area contributed by atoms with Crippen molar-refractivity contribution in [3.63, 3.8) is 0 Å². The van der Waals surface area contributed by atoms with Gasteiger partial charge >= 0.3 is 5.97 Å². The number of fused-ring (bicyclic) bond motifs is 1. The van der Waals surface area contributed by atoms with Gasteiger partial charge in [-0.2, -0.15) is 0 Å². The molecule has 4 nitrogen and oxygen atoms in total. The quantitative estimate of drug-likeness (QED) is 0.851. The Morgan fingerprint density at radius 3 is 2.75 bits per heavy atom. The van der Waals surface area contributed by atoms with Gasteiger partial charge < -0.3 is 15.4 Å². The summed E-state index contributed by atoms with van der Waals surface area (Å²) in [6.45, 7) is 4.97. The van der Waals surface area contributed by atoms with Crippen LogP contribution < -0.4 is 5.73 Å². The third-order valence-electron chi connectivity index (χ3n) is 3.61. The molecule has 0 fully saturated rings. The molecule has 0 aliphatic carbocycles. The fourth-order valence-corrected chi connectivity index (χ4v) is 2.52. The maximum atomic E-state index is 11.0. The normalized spacial score (nSPS) is 11.4. The van der Waals surface area contributed by atoms with Crippen LogP contribution in [0.5, 0.6) is 0 Å². The SMILES string of the molecule is CC(C)c1ccc2c(c1)c(CCCN)cn2CC(=O)O. The Balaban J connectivity index is 2.51. The molecule has 20 heavy (non-hydrogen) atoms. The first kappa shape index (κ1) is 14.6. The van der Waals surface area contributed by atoms with E-state index >= 15 is 0 Å². The van der Waals surface area contributed by atoms with Crippen LogP contribution in [0, 0.1) is 0 Å². The topological polar surface area (TPSA) is 68.2 Å². The maximum Gasteiger partial charge on any atom is 0.323 e. The Bertz CT molecular complexity index is 614. The largest absolute Gasteiger partial charge is 0.480 e. The molecule has 0 saturated heterocycles. The van der Waals surface area contributed by atoms with Crippen LogP contribution in [0.2, 0.25) is 0 Å². The molecular formula is C16H22N2O2. The van der Waals surface area contributed by atoms with Gasteiger partial charge in [-0.15, -0.1) is 0 Å². The van der Waals surface area contributed by atoms with Crippen LogP contribution in [-0.2, 0) is 17.8 Å². The predicted molar refractivity (Wildman–Crippen MR) is 81.0 cm³/mol. The van der Waals surface area contributed by atoms with Crippen molar-refractivity contribution in [1.82, 2.24) is 4.57 Å². The number of aliphatic carboxylic acids is 1. The van der Waals surface area contributed by atoms with Gasteiger partial charge in [0, 0.05) is 17.1 Å². The van der Waals surface area contributed by atoms with Crippen molar-refractivity contribution in [1.29, 1.82) is 0 Å². The van der Waals surface area contributed by atoms with Gasteiger partial charge in [-0.1, -0.05) is 19.9 Å².